The van der Waals surface area contributed by atoms with E-state index in [-0.39, 0.29) is 18.2 Å². The molecule has 1 aromatic heterocycles. The number of nitrogens with zero attached hydrogens (tertiary/aromatic N) is 1. The molecule has 0 spiro atoms. The number of aromatic nitrogens is 1. The van der Waals surface area contributed by atoms with Gasteiger partial charge in [-0.2, -0.15) is 0 Å². The predicted octanol–water partition coefficient (Wildman–Crippen LogP) is 1.45. The van der Waals surface area contributed by atoms with Crippen LogP contribution in [0.1, 0.15) is 25.3 Å². The van der Waals surface area contributed by atoms with E-state index in [0.717, 1.165) is 25.0 Å². The van der Waals surface area contributed by atoms with Crippen LogP contribution in [0.25, 0.3) is 0 Å². The number of hydrogen-bond donors (Lipinski definition) is 2. The maximum atomic E-state index is 11.7. The van der Waals surface area contributed by atoms with Gasteiger partial charge in [0.1, 0.15) is 0 Å². The summed E-state index contributed by atoms with van der Waals surface area (Å²) in [7, 11) is 0. The molecule has 2 atom stereocenters. The minimum atomic E-state index is -0.165. The molecule has 2 rings (SSSR count). The van der Waals surface area contributed by atoms with E-state index in [9.17, 15) is 4.79 Å². The molecule has 1 aliphatic heterocycles. The summed E-state index contributed by atoms with van der Waals surface area (Å²) in [5, 5.41) is 5.70. The summed E-state index contributed by atoms with van der Waals surface area (Å²) < 4.78 is 5.53. The fourth-order valence-corrected chi connectivity index (χ4v) is 2.03. The Hall–Kier alpha value is -1.62. The highest BCUT2D eigenvalue weighted by Crippen LogP contribution is 2.15. The van der Waals surface area contributed by atoms with Crippen molar-refractivity contribution in [3.8, 4) is 0 Å². The second-order valence-electron chi connectivity index (χ2n) is 4.53. The molecule has 1 saturated heterocycles. The molecule has 18 heavy (non-hydrogen) atoms. The number of nitrogens with one attached hydrogen (secondary N) is 2. The Labute approximate surface area is 107 Å². The van der Waals surface area contributed by atoms with Crippen LogP contribution in [0.5, 0.6) is 0 Å². The topological polar surface area (TPSA) is 63.2 Å². The lowest BCUT2D eigenvalue weighted by Gasteiger charge is -2.20. The van der Waals surface area contributed by atoms with E-state index in [1.165, 1.54) is 0 Å². The van der Waals surface area contributed by atoms with Crippen LogP contribution in [0.3, 0.4) is 0 Å². The molecule has 2 heterocycles. The molecule has 2 N–H and O–H groups in total. The molecule has 0 aromatic carbocycles. The van der Waals surface area contributed by atoms with Gasteiger partial charge in [0.05, 0.1) is 12.1 Å². The smallest absolute Gasteiger partial charge is 0.315 e. The van der Waals surface area contributed by atoms with Crippen molar-refractivity contribution >= 4 is 6.03 Å². The number of hydrogen-bond acceptors (Lipinski definition) is 3. The molecule has 1 aromatic rings. The van der Waals surface area contributed by atoms with Crippen LogP contribution in [-0.2, 0) is 11.3 Å². The average molecular weight is 249 g/mol. The summed E-state index contributed by atoms with van der Waals surface area (Å²) in [6.07, 6.45) is 5.69. The molecule has 0 saturated carbocycles. The van der Waals surface area contributed by atoms with Gasteiger partial charge in [-0.1, -0.05) is 6.07 Å². The molecule has 1 fully saturated rings. The van der Waals surface area contributed by atoms with Gasteiger partial charge in [0.2, 0.25) is 0 Å². The first-order valence-electron chi connectivity index (χ1n) is 6.30. The fraction of sp³-hybridized carbons (Fsp3) is 0.538. The van der Waals surface area contributed by atoms with E-state index in [4.69, 9.17) is 4.74 Å². The van der Waals surface area contributed by atoms with Gasteiger partial charge in [0.25, 0.3) is 0 Å². The Bertz CT molecular complexity index is 377. The van der Waals surface area contributed by atoms with Crippen molar-refractivity contribution in [3.63, 3.8) is 0 Å². The van der Waals surface area contributed by atoms with Gasteiger partial charge < -0.3 is 15.4 Å². The van der Waals surface area contributed by atoms with Crippen LogP contribution in [0.4, 0.5) is 4.79 Å². The summed E-state index contributed by atoms with van der Waals surface area (Å²) in [4.78, 5) is 15.7. The molecule has 2 amide bonds. The number of ether oxygens (including phenoxy) is 1. The fourth-order valence-electron chi connectivity index (χ4n) is 2.03. The van der Waals surface area contributed by atoms with Crippen molar-refractivity contribution in [2.75, 3.05) is 6.61 Å². The highest BCUT2D eigenvalue weighted by Gasteiger charge is 2.23. The van der Waals surface area contributed by atoms with Crippen molar-refractivity contribution in [1.29, 1.82) is 0 Å². The molecular weight excluding hydrogens is 230 g/mol. The van der Waals surface area contributed by atoms with Crippen molar-refractivity contribution < 1.29 is 9.53 Å². The van der Waals surface area contributed by atoms with Gasteiger partial charge in [-0.25, -0.2) is 4.79 Å². The summed E-state index contributed by atoms with van der Waals surface area (Å²) >= 11 is 0. The number of carbonyl (C=O) groups is 1. The number of amides is 2. The Morgan fingerprint density at radius 3 is 3.22 bits per heavy atom. The third-order valence-electron chi connectivity index (χ3n) is 3.06. The van der Waals surface area contributed by atoms with E-state index in [2.05, 4.69) is 15.6 Å². The van der Waals surface area contributed by atoms with Gasteiger partial charge in [0.15, 0.2) is 0 Å². The molecular formula is C13H19N3O2. The van der Waals surface area contributed by atoms with Crippen LogP contribution in [-0.4, -0.2) is 29.8 Å². The molecule has 1 aliphatic rings. The maximum absolute atomic E-state index is 11.7. The standard InChI is InChI=1S/C13H19N3O2/c1-10(12-5-3-7-18-12)16-13(17)15-9-11-4-2-6-14-8-11/h2,4,6,8,10,12H,3,5,7,9H2,1H3,(H2,15,16,17)/t10-,12-/m0/s1. The molecule has 5 heteroatoms. The Morgan fingerprint density at radius 1 is 1.67 bits per heavy atom. The van der Waals surface area contributed by atoms with Crippen molar-refractivity contribution in [3.05, 3.63) is 30.1 Å². The van der Waals surface area contributed by atoms with Crippen LogP contribution in [0.2, 0.25) is 0 Å². The molecule has 0 bridgehead atoms. The van der Waals surface area contributed by atoms with Crippen LogP contribution in [0.15, 0.2) is 24.5 Å². The second kappa shape index (κ2) is 6.35. The van der Waals surface area contributed by atoms with Crippen molar-refractivity contribution in [2.45, 2.75) is 38.5 Å². The third-order valence-corrected chi connectivity index (χ3v) is 3.06. The first kappa shape index (κ1) is 12.8. The minimum absolute atomic E-state index is 0.0430. The van der Waals surface area contributed by atoms with E-state index in [1.54, 1.807) is 12.4 Å². The zero-order valence-corrected chi connectivity index (χ0v) is 10.6. The summed E-state index contributed by atoms with van der Waals surface area (Å²) in [5.74, 6) is 0. The largest absolute Gasteiger partial charge is 0.376 e. The lowest BCUT2D eigenvalue weighted by molar-refractivity contribution is 0.0860. The second-order valence-corrected chi connectivity index (χ2v) is 4.53. The van der Waals surface area contributed by atoms with Crippen molar-refractivity contribution in [2.24, 2.45) is 0 Å². The van der Waals surface area contributed by atoms with E-state index < -0.39 is 0 Å². The third kappa shape index (κ3) is 3.70. The normalized spacial score (nSPS) is 20.4. The number of pyridine rings is 1. The van der Waals surface area contributed by atoms with Crippen molar-refractivity contribution in [1.82, 2.24) is 15.6 Å². The molecule has 5 nitrogen and oxygen atoms in total. The summed E-state index contributed by atoms with van der Waals surface area (Å²) in [6, 6.07) is 3.66. The van der Waals surface area contributed by atoms with Gasteiger partial charge in [0, 0.05) is 25.5 Å². The van der Waals surface area contributed by atoms with Gasteiger partial charge >= 0.3 is 6.03 Å². The SMILES string of the molecule is C[C@H](NC(=O)NCc1cccnc1)[C@@H]1CCCO1. The minimum Gasteiger partial charge on any atom is -0.376 e. The van der Waals surface area contributed by atoms with Crippen LogP contribution >= 0.6 is 0 Å². The highest BCUT2D eigenvalue weighted by molar-refractivity contribution is 5.74. The zero-order valence-electron chi connectivity index (χ0n) is 10.6. The molecule has 0 aliphatic carbocycles. The summed E-state index contributed by atoms with van der Waals surface area (Å²) in [6.45, 7) is 3.26. The van der Waals surface area contributed by atoms with Gasteiger partial charge in [-0.15, -0.1) is 0 Å². The Kier molecular flexibility index (Phi) is 4.52. The van der Waals surface area contributed by atoms with E-state index in [0.29, 0.717) is 6.54 Å². The number of urea groups is 1. The first-order chi connectivity index (χ1) is 8.75. The molecule has 98 valence electrons. The van der Waals surface area contributed by atoms with E-state index >= 15 is 0 Å². The summed E-state index contributed by atoms with van der Waals surface area (Å²) in [5.41, 5.74) is 0.984. The zero-order chi connectivity index (χ0) is 12.8. The molecule has 0 unspecified atom stereocenters. The first-order valence-corrected chi connectivity index (χ1v) is 6.30. The van der Waals surface area contributed by atoms with E-state index in [1.807, 2.05) is 19.1 Å². The number of carbonyl (C=O) groups excluding carboxylic acids is 1. The average Bonchev–Trinajstić information content (AvgIpc) is 2.91. The van der Waals surface area contributed by atoms with Gasteiger partial charge in [-0.3, -0.25) is 4.98 Å². The van der Waals surface area contributed by atoms with Gasteiger partial charge in [-0.05, 0) is 31.4 Å². The number of rotatable bonds is 4. The molecule has 0 radical (unpaired) electrons. The predicted molar refractivity (Wildman–Crippen MR) is 68.0 cm³/mol. The monoisotopic (exact) mass is 249 g/mol. The lowest BCUT2D eigenvalue weighted by atomic mass is 10.1. The lowest BCUT2D eigenvalue weighted by Crippen LogP contribution is -2.45. The maximum Gasteiger partial charge on any atom is 0.315 e. The highest BCUT2D eigenvalue weighted by atomic mass is 16.5. The Morgan fingerprint density at radius 2 is 2.56 bits per heavy atom. The van der Waals surface area contributed by atoms with Crippen LogP contribution < -0.4 is 10.6 Å². The Balaban J connectivity index is 1.71. The quantitative estimate of drug-likeness (QED) is 0.849. The van der Waals surface area contributed by atoms with Crippen LogP contribution in [0, 0.1) is 0 Å².